The number of halogens is 1. The minimum atomic E-state index is 0.661. The third kappa shape index (κ3) is 3.30. The topological polar surface area (TPSA) is 15.3 Å². The third-order valence-corrected chi connectivity index (χ3v) is 3.37. The van der Waals surface area contributed by atoms with Crippen LogP contribution in [0.2, 0.25) is 0 Å². The summed E-state index contributed by atoms with van der Waals surface area (Å²) in [5, 5.41) is 3.59. The second-order valence-corrected chi connectivity index (χ2v) is 5.17. The van der Waals surface area contributed by atoms with Gasteiger partial charge in [0, 0.05) is 23.6 Å². The average Bonchev–Trinajstić information content (AvgIpc) is 2.62. The number of hydrogen-bond acceptors (Lipinski definition) is 2. The molecule has 1 aliphatic heterocycles. The van der Waals surface area contributed by atoms with Gasteiger partial charge in [0.2, 0.25) is 0 Å². The fourth-order valence-electron chi connectivity index (χ4n) is 2.01. The molecule has 0 unspecified atom stereocenters. The second kappa shape index (κ2) is 5.10. The van der Waals surface area contributed by atoms with Crippen molar-refractivity contribution in [3.63, 3.8) is 0 Å². The Labute approximate surface area is 99.8 Å². The number of hydrogen-bond donors (Lipinski definition) is 1. The third-order valence-electron chi connectivity index (χ3n) is 2.88. The van der Waals surface area contributed by atoms with E-state index in [0.29, 0.717) is 6.04 Å². The molecule has 2 rings (SSSR count). The second-order valence-electron chi connectivity index (χ2n) is 4.26. The van der Waals surface area contributed by atoms with E-state index in [1.54, 1.807) is 0 Å². The van der Waals surface area contributed by atoms with E-state index in [-0.39, 0.29) is 0 Å². The Morgan fingerprint density at radius 3 is 3.07 bits per heavy atom. The molecule has 1 aromatic rings. The summed E-state index contributed by atoms with van der Waals surface area (Å²) >= 11 is 3.49. The van der Waals surface area contributed by atoms with Crippen LogP contribution in [0, 0.1) is 0 Å². The molecule has 0 spiro atoms. The Hall–Kier alpha value is -0.380. The van der Waals surface area contributed by atoms with Crippen molar-refractivity contribution in [3.05, 3.63) is 34.3 Å². The van der Waals surface area contributed by atoms with Gasteiger partial charge in [-0.1, -0.05) is 28.1 Å². The number of nitrogens with zero attached hydrogens (tertiary/aromatic N) is 1. The number of likely N-dealkylation sites (tertiary alicyclic amines) is 1. The van der Waals surface area contributed by atoms with Gasteiger partial charge in [-0.15, -0.1) is 0 Å². The normalized spacial score (nSPS) is 22.1. The van der Waals surface area contributed by atoms with Crippen LogP contribution in [0.3, 0.4) is 0 Å². The maximum Gasteiger partial charge on any atom is 0.0210 e. The molecule has 1 saturated heterocycles. The molecule has 15 heavy (non-hydrogen) atoms. The molecule has 1 fully saturated rings. The molecule has 0 radical (unpaired) electrons. The molecular weight excluding hydrogens is 252 g/mol. The van der Waals surface area contributed by atoms with Crippen LogP contribution in [-0.4, -0.2) is 31.1 Å². The molecule has 1 aromatic carbocycles. The average molecular weight is 269 g/mol. The molecule has 1 aliphatic rings. The van der Waals surface area contributed by atoms with Gasteiger partial charge in [0.05, 0.1) is 0 Å². The fraction of sp³-hybridized carbons (Fsp3) is 0.500. The van der Waals surface area contributed by atoms with Crippen molar-refractivity contribution in [2.45, 2.75) is 19.0 Å². The molecule has 0 saturated carbocycles. The summed E-state index contributed by atoms with van der Waals surface area (Å²) in [5.74, 6) is 0. The van der Waals surface area contributed by atoms with Crippen LogP contribution in [-0.2, 0) is 6.54 Å². The Morgan fingerprint density at radius 1 is 1.53 bits per heavy atom. The molecule has 0 aromatic heterocycles. The van der Waals surface area contributed by atoms with E-state index >= 15 is 0 Å². The highest BCUT2D eigenvalue weighted by molar-refractivity contribution is 9.10. The summed E-state index contributed by atoms with van der Waals surface area (Å²) in [4.78, 5) is 2.37. The highest BCUT2D eigenvalue weighted by atomic mass is 79.9. The van der Waals surface area contributed by atoms with Gasteiger partial charge in [0.1, 0.15) is 0 Å². The first-order valence-corrected chi connectivity index (χ1v) is 6.20. The predicted molar refractivity (Wildman–Crippen MR) is 66.9 cm³/mol. The Morgan fingerprint density at radius 2 is 2.40 bits per heavy atom. The Bertz CT molecular complexity index is 327. The summed E-state index contributed by atoms with van der Waals surface area (Å²) in [6.45, 7) is 3.36. The van der Waals surface area contributed by atoms with Crippen molar-refractivity contribution in [2.24, 2.45) is 0 Å². The molecule has 0 aliphatic carbocycles. The molecule has 2 nitrogen and oxygen atoms in total. The standard InChI is InChI=1S/C12H17BrN2/c1-15-6-5-12(9-15)14-8-10-3-2-4-11(13)7-10/h2-4,7,12,14H,5-6,8-9H2,1H3/t12-/m0/s1. The van der Waals surface area contributed by atoms with Gasteiger partial charge in [-0.2, -0.15) is 0 Å². The van der Waals surface area contributed by atoms with E-state index in [1.807, 2.05) is 0 Å². The maximum atomic E-state index is 3.59. The van der Waals surface area contributed by atoms with E-state index in [4.69, 9.17) is 0 Å². The molecule has 1 atom stereocenters. The first kappa shape index (κ1) is 11.1. The minimum absolute atomic E-state index is 0.661. The zero-order chi connectivity index (χ0) is 10.7. The fourth-order valence-corrected chi connectivity index (χ4v) is 2.46. The molecule has 3 heteroatoms. The van der Waals surface area contributed by atoms with Gasteiger partial charge in [-0.3, -0.25) is 0 Å². The maximum absolute atomic E-state index is 3.59. The van der Waals surface area contributed by atoms with Crippen LogP contribution < -0.4 is 5.32 Å². The smallest absolute Gasteiger partial charge is 0.0210 e. The zero-order valence-corrected chi connectivity index (χ0v) is 10.6. The lowest BCUT2D eigenvalue weighted by Crippen LogP contribution is -2.30. The summed E-state index contributed by atoms with van der Waals surface area (Å²) in [6.07, 6.45) is 1.27. The SMILES string of the molecule is CN1CC[C@H](NCc2cccc(Br)c2)C1. The number of rotatable bonds is 3. The lowest BCUT2D eigenvalue weighted by atomic mass is 10.2. The number of nitrogens with one attached hydrogen (secondary N) is 1. The first-order valence-electron chi connectivity index (χ1n) is 5.40. The summed E-state index contributed by atoms with van der Waals surface area (Å²) in [7, 11) is 2.18. The largest absolute Gasteiger partial charge is 0.309 e. The molecule has 0 bridgehead atoms. The molecule has 0 amide bonds. The Balaban J connectivity index is 1.83. The molecule has 1 heterocycles. The zero-order valence-electron chi connectivity index (χ0n) is 9.04. The van der Waals surface area contributed by atoms with Crippen molar-refractivity contribution in [1.29, 1.82) is 0 Å². The van der Waals surface area contributed by atoms with E-state index < -0.39 is 0 Å². The van der Waals surface area contributed by atoms with Crippen molar-refractivity contribution >= 4 is 15.9 Å². The summed E-state index contributed by atoms with van der Waals surface area (Å²) in [5.41, 5.74) is 1.35. The van der Waals surface area contributed by atoms with Gasteiger partial charge < -0.3 is 10.2 Å². The predicted octanol–water partition coefficient (Wildman–Crippen LogP) is 2.24. The van der Waals surface area contributed by atoms with Gasteiger partial charge in [0.15, 0.2) is 0 Å². The van der Waals surface area contributed by atoms with E-state index in [9.17, 15) is 0 Å². The Kier molecular flexibility index (Phi) is 3.78. The van der Waals surface area contributed by atoms with E-state index in [0.717, 1.165) is 11.0 Å². The van der Waals surface area contributed by atoms with Crippen LogP contribution >= 0.6 is 15.9 Å². The molecule has 82 valence electrons. The first-order chi connectivity index (χ1) is 7.24. The van der Waals surface area contributed by atoms with Crippen molar-refractivity contribution < 1.29 is 0 Å². The minimum Gasteiger partial charge on any atom is -0.309 e. The van der Waals surface area contributed by atoms with Gasteiger partial charge >= 0.3 is 0 Å². The van der Waals surface area contributed by atoms with Gasteiger partial charge in [-0.05, 0) is 37.7 Å². The van der Waals surface area contributed by atoms with Gasteiger partial charge in [0.25, 0.3) is 0 Å². The molecular formula is C12H17BrN2. The lowest BCUT2D eigenvalue weighted by Gasteiger charge is -2.12. The van der Waals surface area contributed by atoms with Crippen molar-refractivity contribution in [3.8, 4) is 0 Å². The van der Waals surface area contributed by atoms with E-state index in [1.165, 1.54) is 25.1 Å². The van der Waals surface area contributed by atoms with Crippen LogP contribution in [0.15, 0.2) is 28.7 Å². The van der Waals surface area contributed by atoms with Crippen LogP contribution in [0.1, 0.15) is 12.0 Å². The van der Waals surface area contributed by atoms with Crippen LogP contribution in [0.4, 0.5) is 0 Å². The van der Waals surface area contributed by atoms with Crippen LogP contribution in [0.5, 0.6) is 0 Å². The van der Waals surface area contributed by atoms with Gasteiger partial charge in [-0.25, -0.2) is 0 Å². The van der Waals surface area contributed by atoms with Crippen molar-refractivity contribution in [2.75, 3.05) is 20.1 Å². The van der Waals surface area contributed by atoms with E-state index in [2.05, 4.69) is 57.5 Å². The molecule has 1 N–H and O–H groups in total. The highest BCUT2D eigenvalue weighted by Crippen LogP contribution is 2.12. The summed E-state index contributed by atoms with van der Waals surface area (Å²) in [6, 6.07) is 9.14. The van der Waals surface area contributed by atoms with Crippen LogP contribution in [0.25, 0.3) is 0 Å². The highest BCUT2D eigenvalue weighted by Gasteiger charge is 2.18. The monoisotopic (exact) mass is 268 g/mol. The number of likely N-dealkylation sites (N-methyl/N-ethyl adjacent to an activating group) is 1. The lowest BCUT2D eigenvalue weighted by molar-refractivity contribution is 0.397. The quantitative estimate of drug-likeness (QED) is 0.905. The number of benzene rings is 1. The van der Waals surface area contributed by atoms with Crippen molar-refractivity contribution in [1.82, 2.24) is 10.2 Å². The summed E-state index contributed by atoms with van der Waals surface area (Å²) < 4.78 is 1.16.